The number of halogens is 4. The molecule has 0 aliphatic rings. The molecule has 0 N–H and O–H groups in total. The van der Waals surface area contributed by atoms with E-state index in [1.807, 2.05) is 0 Å². The fourth-order valence-electron chi connectivity index (χ4n) is 1.62. The number of alkyl halides is 3. The molecule has 0 amide bonds. The Kier molecular flexibility index (Phi) is 4.57. The van der Waals surface area contributed by atoms with Gasteiger partial charge in [0.15, 0.2) is 4.66 Å². The Morgan fingerprint density at radius 1 is 1.48 bits per heavy atom. The lowest BCUT2D eigenvalue weighted by molar-refractivity contribution is -0.363. The van der Waals surface area contributed by atoms with Crippen LogP contribution in [0, 0.1) is 10.1 Å². The van der Waals surface area contributed by atoms with Gasteiger partial charge in [-0.2, -0.15) is 13.2 Å². The van der Waals surface area contributed by atoms with E-state index in [0.717, 1.165) is 15.9 Å². The van der Waals surface area contributed by atoms with Crippen molar-refractivity contribution < 1.29 is 18.1 Å². The van der Waals surface area contributed by atoms with Crippen LogP contribution >= 0.6 is 22.9 Å². The molecule has 11 heteroatoms. The molecule has 0 aliphatic heterocycles. The average molecular weight is 366 g/mol. The Labute approximate surface area is 134 Å². The largest absolute Gasteiger partial charge is 0.417 e. The van der Waals surface area contributed by atoms with Gasteiger partial charge in [0.1, 0.15) is 0 Å². The molecule has 0 saturated heterocycles. The fourth-order valence-corrected chi connectivity index (χ4v) is 2.82. The second-order valence-corrected chi connectivity index (χ2v) is 5.79. The van der Waals surface area contributed by atoms with E-state index >= 15 is 0 Å². The summed E-state index contributed by atoms with van der Waals surface area (Å²) in [4.78, 5) is 25.3. The summed E-state index contributed by atoms with van der Waals surface area (Å²) < 4.78 is 38.8. The number of pyridine rings is 1. The van der Waals surface area contributed by atoms with Crippen molar-refractivity contribution >= 4 is 35.2 Å². The number of rotatable bonds is 2. The minimum atomic E-state index is -4.58. The Hall–Kier alpha value is -2.20. The maximum atomic E-state index is 12.5. The van der Waals surface area contributed by atoms with Gasteiger partial charge in [-0.1, -0.05) is 11.6 Å². The highest BCUT2D eigenvalue weighted by Gasteiger charge is 2.31. The second kappa shape index (κ2) is 6.13. The highest BCUT2D eigenvalue weighted by Crippen LogP contribution is 2.31. The van der Waals surface area contributed by atoms with Crippen LogP contribution in [-0.4, -0.2) is 14.5 Å². The van der Waals surface area contributed by atoms with Gasteiger partial charge in [0.05, 0.1) is 25.7 Å². The molecule has 6 nitrogen and oxygen atoms in total. The van der Waals surface area contributed by atoms with Gasteiger partial charge in [0.25, 0.3) is 11.8 Å². The monoisotopic (exact) mass is 365 g/mol. The molecule has 2 heterocycles. The Balaban J connectivity index is 2.60. The summed E-state index contributed by atoms with van der Waals surface area (Å²) in [6.45, 7) is 0. The molecule has 0 atom stereocenters. The third kappa shape index (κ3) is 3.77. The lowest BCUT2D eigenvalue weighted by atomic mass is 10.2. The van der Waals surface area contributed by atoms with Crippen LogP contribution in [0.2, 0.25) is 5.02 Å². The first-order chi connectivity index (χ1) is 10.6. The molecule has 23 heavy (non-hydrogen) atoms. The molecule has 0 radical (unpaired) electrons. The van der Waals surface area contributed by atoms with E-state index in [9.17, 15) is 28.1 Å². The summed E-state index contributed by atoms with van der Waals surface area (Å²) in [7, 11) is 1.34. The van der Waals surface area contributed by atoms with Crippen LogP contribution in [0.3, 0.4) is 0 Å². The zero-order valence-electron chi connectivity index (χ0n) is 11.3. The first-order valence-corrected chi connectivity index (χ1v) is 7.04. The molecule has 0 unspecified atom stereocenters. The lowest BCUT2D eigenvalue weighted by Crippen LogP contribution is -2.29. The molecule has 0 fully saturated rings. The van der Waals surface area contributed by atoms with Gasteiger partial charge in [0, 0.05) is 13.2 Å². The quantitative estimate of drug-likeness (QED) is 0.594. The highest BCUT2D eigenvalue weighted by molar-refractivity contribution is 7.07. The molecule has 0 aliphatic carbocycles. The minimum absolute atomic E-state index is 0.0359. The molecule has 2 aromatic heterocycles. The van der Waals surface area contributed by atoms with Gasteiger partial charge >= 0.3 is 6.18 Å². The van der Waals surface area contributed by atoms with Crippen LogP contribution in [0.1, 0.15) is 11.3 Å². The number of nitrogens with zero attached hydrogens (tertiary/aromatic N) is 3. The van der Waals surface area contributed by atoms with Crippen molar-refractivity contribution in [1.82, 2.24) is 9.55 Å². The number of hydrogen-bond acceptors (Lipinski definition) is 5. The number of thiazole rings is 1. The van der Waals surface area contributed by atoms with Crippen LogP contribution < -0.4 is 14.8 Å². The minimum Gasteiger partial charge on any atom is -0.297 e. The summed E-state index contributed by atoms with van der Waals surface area (Å²) in [6.07, 6.45) is -2.14. The molecule has 0 saturated carbocycles. The average Bonchev–Trinajstić information content (AvgIpc) is 2.67. The van der Waals surface area contributed by atoms with Crippen LogP contribution in [-0.2, 0) is 13.2 Å². The predicted molar refractivity (Wildman–Crippen MR) is 78.1 cm³/mol. The standard InChI is InChI=1S/C12H7ClF3N3O3S/c1-18-10(5-19(21)22)23-9(11(18)20)3-8-7(13)2-6(4-17-8)12(14,15)16/h2-5H,1H3. The Morgan fingerprint density at radius 3 is 2.65 bits per heavy atom. The predicted octanol–water partition coefficient (Wildman–Crippen LogP) is 1.36. The molecule has 2 rings (SSSR count). The summed E-state index contributed by atoms with van der Waals surface area (Å²) in [5.41, 5.74) is -1.59. The van der Waals surface area contributed by atoms with Crippen molar-refractivity contribution in [2.24, 2.45) is 7.05 Å². The van der Waals surface area contributed by atoms with E-state index in [1.54, 1.807) is 0 Å². The molecular formula is C12H7ClF3N3O3S. The van der Waals surface area contributed by atoms with Crippen molar-refractivity contribution in [3.8, 4) is 0 Å². The summed E-state index contributed by atoms with van der Waals surface area (Å²) in [5, 5.41) is 10.2. The molecule has 0 bridgehead atoms. The van der Waals surface area contributed by atoms with Gasteiger partial charge in [-0.25, -0.2) is 0 Å². The first-order valence-electron chi connectivity index (χ1n) is 5.85. The zero-order valence-corrected chi connectivity index (χ0v) is 12.9. The van der Waals surface area contributed by atoms with Gasteiger partial charge < -0.3 is 0 Å². The first kappa shape index (κ1) is 17.2. The Bertz CT molecular complexity index is 949. The topological polar surface area (TPSA) is 78.0 Å². The van der Waals surface area contributed by atoms with E-state index in [0.29, 0.717) is 18.5 Å². The summed E-state index contributed by atoms with van der Waals surface area (Å²) in [6, 6.07) is 0.697. The number of aromatic nitrogens is 2. The van der Waals surface area contributed by atoms with Crippen molar-refractivity contribution in [3.05, 3.63) is 58.2 Å². The SMILES string of the molecule is Cn1c(=C[N+](=O)[O-])sc(=Cc2ncc(C(F)(F)F)cc2Cl)c1=O. The molecule has 0 aromatic carbocycles. The summed E-state index contributed by atoms with van der Waals surface area (Å²) in [5.74, 6) is 0. The maximum absolute atomic E-state index is 12.5. The van der Waals surface area contributed by atoms with Crippen LogP contribution in [0.4, 0.5) is 13.2 Å². The molecule has 122 valence electrons. The van der Waals surface area contributed by atoms with E-state index in [1.165, 1.54) is 13.1 Å². The third-order valence-electron chi connectivity index (χ3n) is 2.74. The van der Waals surface area contributed by atoms with Gasteiger partial charge in [0.2, 0.25) is 0 Å². The number of nitro groups is 1. The van der Waals surface area contributed by atoms with Crippen LogP contribution in [0.5, 0.6) is 0 Å². The summed E-state index contributed by atoms with van der Waals surface area (Å²) >= 11 is 6.56. The van der Waals surface area contributed by atoms with Crippen molar-refractivity contribution in [1.29, 1.82) is 0 Å². The molecule has 2 aromatic rings. The van der Waals surface area contributed by atoms with E-state index in [-0.39, 0.29) is 19.9 Å². The molecule has 0 spiro atoms. The van der Waals surface area contributed by atoms with Crippen LogP contribution in [0.15, 0.2) is 17.1 Å². The molecular weight excluding hydrogens is 359 g/mol. The van der Waals surface area contributed by atoms with Crippen molar-refractivity contribution in [2.45, 2.75) is 6.18 Å². The van der Waals surface area contributed by atoms with Gasteiger partial charge in [-0.15, -0.1) is 11.3 Å². The normalized spacial score (nSPS) is 13.6. The number of hydrogen-bond donors (Lipinski definition) is 0. The maximum Gasteiger partial charge on any atom is 0.417 e. The fraction of sp³-hybridized carbons (Fsp3) is 0.167. The van der Waals surface area contributed by atoms with E-state index in [4.69, 9.17) is 11.6 Å². The zero-order chi connectivity index (χ0) is 17.4. The Morgan fingerprint density at radius 2 is 2.13 bits per heavy atom. The van der Waals surface area contributed by atoms with Gasteiger partial charge in [-0.3, -0.25) is 24.5 Å². The second-order valence-electron chi connectivity index (χ2n) is 4.32. The van der Waals surface area contributed by atoms with Gasteiger partial charge in [-0.05, 0) is 12.1 Å². The van der Waals surface area contributed by atoms with E-state index in [2.05, 4.69) is 4.98 Å². The van der Waals surface area contributed by atoms with E-state index < -0.39 is 22.2 Å². The third-order valence-corrected chi connectivity index (χ3v) is 4.14. The van der Waals surface area contributed by atoms with Crippen LogP contribution in [0.25, 0.3) is 12.3 Å². The smallest absolute Gasteiger partial charge is 0.297 e. The lowest BCUT2D eigenvalue weighted by Gasteiger charge is -2.06. The highest BCUT2D eigenvalue weighted by atomic mass is 35.5. The van der Waals surface area contributed by atoms with Crippen molar-refractivity contribution in [3.63, 3.8) is 0 Å². The van der Waals surface area contributed by atoms with Crippen molar-refractivity contribution in [2.75, 3.05) is 0 Å².